The van der Waals surface area contributed by atoms with Gasteiger partial charge >= 0.3 is 0 Å². The fourth-order valence-electron chi connectivity index (χ4n) is 1.77. The van der Waals surface area contributed by atoms with E-state index >= 15 is 0 Å². The second kappa shape index (κ2) is 6.22. The average Bonchev–Trinajstić information content (AvgIpc) is 2.47. The van der Waals surface area contributed by atoms with E-state index < -0.39 is 36.6 Å². The van der Waals surface area contributed by atoms with Crippen LogP contribution in [-0.2, 0) is 20.0 Å². The lowest BCUT2D eigenvalue weighted by molar-refractivity contribution is 0.521. The molecule has 0 saturated heterocycles. The Bertz CT molecular complexity index is 907. The zero-order valence-electron chi connectivity index (χ0n) is 11.7. The van der Waals surface area contributed by atoms with Gasteiger partial charge < -0.3 is 0 Å². The number of benzene rings is 2. The van der Waals surface area contributed by atoms with Crippen molar-refractivity contribution in [3.63, 3.8) is 0 Å². The number of hydrogen-bond donors (Lipinski definition) is 2. The van der Waals surface area contributed by atoms with Gasteiger partial charge in [0, 0.05) is 5.69 Å². The zero-order chi connectivity index (χ0) is 17.3. The second-order valence-electron chi connectivity index (χ2n) is 4.39. The molecule has 6 nitrogen and oxygen atoms in total. The van der Waals surface area contributed by atoms with Gasteiger partial charge in [0.05, 0.1) is 4.90 Å². The maximum absolute atomic E-state index is 13.6. The van der Waals surface area contributed by atoms with Crippen molar-refractivity contribution in [3.05, 3.63) is 54.1 Å². The molecule has 10 heteroatoms. The van der Waals surface area contributed by atoms with Crippen molar-refractivity contribution in [1.29, 1.82) is 0 Å². The summed E-state index contributed by atoms with van der Waals surface area (Å²) >= 11 is 0. The van der Waals surface area contributed by atoms with E-state index in [9.17, 15) is 25.6 Å². The fraction of sp³-hybridized carbons (Fsp3) is 0.0769. The molecular weight excluding hydrogens is 350 g/mol. The molecule has 0 spiro atoms. The minimum atomic E-state index is -4.49. The molecule has 0 aliphatic carbocycles. The first-order valence-corrected chi connectivity index (χ1v) is 9.14. The minimum Gasteiger partial charge on any atom is -0.279 e. The number of nitrogens with one attached hydrogen (secondary N) is 2. The largest absolute Gasteiger partial charge is 0.279 e. The van der Waals surface area contributed by atoms with Gasteiger partial charge in [0.1, 0.15) is 11.6 Å². The molecule has 0 aliphatic rings. The normalized spacial score (nSPS) is 12.1. The first-order chi connectivity index (χ1) is 10.7. The van der Waals surface area contributed by atoms with Crippen molar-refractivity contribution in [2.24, 2.45) is 0 Å². The van der Waals surface area contributed by atoms with Crippen LogP contribution in [0.2, 0.25) is 0 Å². The van der Waals surface area contributed by atoms with Gasteiger partial charge in [-0.1, -0.05) is 6.07 Å². The fourth-order valence-corrected chi connectivity index (χ4v) is 3.69. The van der Waals surface area contributed by atoms with Gasteiger partial charge in [0.25, 0.3) is 10.0 Å². The van der Waals surface area contributed by atoms with Crippen molar-refractivity contribution in [3.8, 4) is 0 Å². The predicted octanol–water partition coefficient (Wildman–Crippen LogP) is 1.67. The van der Waals surface area contributed by atoms with Crippen LogP contribution in [0.15, 0.2) is 52.3 Å². The first-order valence-electron chi connectivity index (χ1n) is 6.18. The van der Waals surface area contributed by atoms with Crippen molar-refractivity contribution >= 4 is 25.7 Å². The highest BCUT2D eigenvalue weighted by Gasteiger charge is 2.24. The van der Waals surface area contributed by atoms with Crippen LogP contribution in [0, 0.1) is 11.6 Å². The van der Waals surface area contributed by atoms with E-state index in [4.69, 9.17) is 0 Å². The smallest absolute Gasteiger partial charge is 0.267 e. The van der Waals surface area contributed by atoms with Crippen molar-refractivity contribution < 1.29 is 25.6 Å². The molecule has 0 saturated carbocycles. The van der Waals surface area contributed by atoms with Crippen LogP contribution < -0.4 is 9.44 Å². The molecule has 0 aliphatic heterocycles. The topological polar surface area (TPSA) is 92.3 Å². The number of hydrogen-bond acceptors (Lipinski definition) is 4. The van der Waals surface area contributed by atoms with Crippen LogP contribution in [0.3, 0.4) is 0 Å². The molecule has 0 heterocycles. The van der Waals surface area contributed by atoms with Gasteiger partial charge in [-0.05, 0) is 43.4 Å². The summed E-state index contributed by atoms with van der Waals surface area (Å²) in [5.41, 5.74) is -0.0392. The third-order valence-corrected chi connectivity index (χ3v) is 5.74. The maximum atomic E-state index is 13.6. The molecule has 0 bridgehead atoms. The Morgan fingerprint density at radius 2 is 1.35 bits per heavy atom. The molecule has 124 valence electrons. The van der Waals surface area contributed by atoms with Crippen LogP contribution >= 0.6 is 0 Å². The van der Waals surface area contributed by atoms with Gasteiger partial charge in [-0.25, -0.2) is 30.3 Å². The lowest BCUT2D eigenvalue weighted by atomic mass is 10.3. The monoisotopic (exact) mass is 362 g/mol. The van der Waals surface area contributed by atoms with E-state index in [0.717, 1.165) is 30.3 Å². The molecule has 0 radical (unpaired) electrons. The Hall–Kier alpha value is -2.04. The maximum Gasteiger partial charge on any atom is 0.267 e. The highest BCUT2D eigenvalue weighted by molar-refractivity contribution is 7.92. The highest BCUT2D eigenvalue weighted by atomic mass is 32.2. The summed E-state index contributed by atoms with van der Waals surface area (Å²) in [5, 5.41) is 0. The number of sulfonamides is 2. The quantitative estimate of drug-likeness (QED) is 0.846. The third-order valence-electron chi connectivity index (χ3n) is 2.87. The van der Waals surface area contributed by atoms with Crippen LogP contribution in [0.4, 0.5) is 14.5 Å². The molecule has 0 atom stereocenters. The molecule has 0 unspecified atom stereocenters. The van der Waals surface area contributed by atoms with Crippen LogP contribution in [0.5, 0.6) is 0 Å². The third kappa shape index (κ3) is 3.66. The lowest BCUT2D eigenvalue weighted by Crippen LogP contribution is -2.19. The van der Waals surface area contributed by atoms with E-state index in [1.165, 1.54) is 19.2 Å². The summed E-state index contributed by atoms with van der Waals surface area (Å²) < 4.78 is 78.5. The van der Waals surface area contributed by atoms with Crippen molar-refractivity contribution in [1.82, 2.24) is 4.72 Å². The van der Waals surface area contributed by atoms with Crippen LogP contribution in [-0.4, -0.2) is 23.9 Å². The van der Waals surface area contributed by atoms with E-state index in [0.29, 0.717) is 0 Å². The SMILES string of the molecule is CNS(=O)(=O)c1ccc(NS(=O)(=O)c2c(F)cccc2F)cc1. The Kier molecular flexibility index (Phi) is 4.68. The molecule has 2 aromatic carbocycles. The van der Waals surface area contributed by atoms with E-state index in [1.54, 1.807) is 0 Å². The Morgan fingerprint density at radius 1 is 0.826 bits per heavy atom. The number of halogens is 2. The van der Waals surface area contributed by atoms with E-state index in [-0.39, 0.29) is 10.6 Å². The predicted molar refractivity (Wildman–Crippen MR) is 79.9 cm³/mol. The second-order valence-corrected chi connectivity index (χ2v) is 7.89. The van der Waals surface area contributed by atoms with Crippen molar-refractivity contribution in [2.45, 2.75) is 9.79 Å². The van der Waals surface area contributed by atoms with E-state index in [2.05, 4.69) is 4.72 Å². The summed E-state index contributed by atoms with van der Waals surface area (Å²) in [4.78, 5) is -1.19. The molecule has 23 heavy (non-hydrogen) atoms. The van der Waals surface area contributed by atoms with Gasteiger partial charge in [-0.15, -0.1) is 0 Å². The summed E-state index contributed by atoms with van der Waals surface area (Å²) in [6.45, 7) is 0. The molecule has 2 rings (SSSR count). The highest BCUT2D eigenvalue weighted by Crippen LogP contribution is 2.22. The van der Waals surface area contributed by atoms with Gasteiger partial charge in [0.15, 0.2) is 4.90 Å². The number of anilines is 1. The zero-order valence-corrected chi connectivity index (χ0v) is 13.4. The Labute approximate surface area is 132 Å². The van der Waals surface area contributed by atoms with Crippen molar-refractivity contribution in [2.75, 3.05) is 11.8 Å². The lowest BCUT2D eigenvalue weighted by Gasteiger charge is -2.10. The Balaban J connectivity index is 2.35. The molecule has 0 aromatic heterocycles. The van der Waals surface area contributed by atoms with Gasteiger partial charge in [-0.3, -0.25) is 4.72 Å². The minimum absolute atomic E-state index is 0.0392. The first kappa shape index (κ1) is 17.3. The molecule has 2 N–H and O–H groups in total. The van der Waals surface area contributed by atoms with Gasteiger partial charge in [0.2, 0.25) is 10.0 Å². The Morgan fingerprint density at radius 3 is 1.83 bits per heavy atom. The molecule has 0 fully saturated rings. The molecule has 2 aromatic rings. The standard InChI is InChI=1S/C13H12F2N2O4S2/c1-16-22(18,19)10-7-5-9(6-8-10)17-23(20,21)13-11(14)3-2-4-12(13)15/h2-8,16-17H,1H3. The van der Waals surface area contributed by atoms with E-state index in [1.807, 2.05) is 4.72 Å². The number of rotatable bonds is 5. The summed E-state index contributed by atoms with van der Waals surface area (Å²) in [6.07, 6.45) is 0. The van der Waals surface area contributed by atoms with Crippen LogP contribution in [0.25, 0.3) is 0 Å². The van der Waals surface area contributed by atoms with Gasteiger partial charge in [-0.2, -0.15) is 0 Å². The van der Waals surface area contributed by atoms with Crippen LogP contribution in [0.1, 0.15) is 0 Å². The average molecular weight is 362 g/mol. The molecular formula is C13H12F2N2O4S2. The summed E-state index contributed by atoms with van der Waals surface area (Å²) in [6, 6.07) is 7.32. The molecule has 0 amide bonds. The summed E-state index contributed by atoms with van der Waals surface area (Å²) in [5.74, 6) is -2.46. The summed E-state index contributed by atoms with van der Waals surface area (Å²) in [7, 11) is -6.94.